The molecule has 1 aromatic heterocycles. The molecule has 0 radical (unpaired) electrons. The number of hydrogen-bond donors (Lipinski definition) is 1. The first kappa shape index (κ1) is 9.52. The van der Waals surface area contributed by atoms with Gasteiger partial charge in [0, 0.05) is 31.7 Å². The van der Waals surface area contributed by atoms with E-state index in [9.17, 15) is 0 Å². The van der Waals surface area contributed by atoms with Crippen LogP contribution >= 0.6 is 0 Å². The van der Waals surface area contributed by atoms with Crippen molar-refractivity contribution in [1.82, 2.24) is 9.78 Å². The highest BCUT2D eigenvalue weighted by Crippen LogP contribution is 2.24. The van der Waals surface area contributed by atoms with E-state index in [1.54, 1.807) is 0 Å². The molecule has 0 unspecified atom stereocenters. The summed E-state index contributed by atoms with van der Waals surface area (Å²) < 4.78 is 2.04. The van der Waals surface area contributed by atoms with E-state index in [4.69, 9.17) is 5.73 Å². The monoisotopic (exact) mass is 194 g/mol. The van der Waals surface area contributed by atoms with Crippen molar-refractivity contribution in [3.63, 3.8) is 0 Å². The second-order valence-electron chi connectivity index (χ2n) is 3.73. The fourth-order valence-corrected chi connectivity index (χ4v) is 2.20. The number of hydrogen-bond acceptors (Lipinski definition) is 3. The van der Waals surface area contributed by atoms with Gasteiger partial charge in [-0.2, -0.15) is 5.10 Å². The normalized spacial score (nSPS) is 21.9. The van der Waals surface area contributed by atoms with Crippen LogP contribution in [-0.2, 0) is 6.54 Å². The molecule has 0 spiro atoms. The Balaban J connectivity index is 2.21. The van der Waals surface area contributed by atoms with Gasteiger partial charge in [0.25, 0.3) is 0 Å². The summed E-state index contributed by atoms with van der Waals surface area (Å²) in [5, 5.41) is 4.28. The number of rotatable bonds is 3. The molecular formula is C10H18N4. The fourth-order valence-electron chi connectivity index (χ4n) is 2.20. The number of nitrogens with zero attached hydrogens (tertiary/aromatic N) is 3. The first-order valence-electron chi connectivity index (χ1n) is 5.35. The van der Waals surface area contributed by atoms with Crippen molar-refractivity contribution < 1.29 is 0 Å². The van der Waals surface area contributed by atoms with Crippen molar-refractivity contribution in [3.05, 3.63) is 12.3 Å². The zero-order valence-electron chi connectivity index (χ0n) is 8.69. The predicted octanol–water partition coefficient (Wildman–Crippen LogP) is 0.831. The molecule has 0 saturated carbocycles. The van der Waals surface area contributed by atoms with E-state index in [1.807, 2.05) is 10.9 Å². The zero-order valence-corrected chi connectivity index (χ0v) is 8.69. The number of nitrogens with two attached hydrogens (primary N) is 1. The van der Waals surface area contributed by atoms with Crippen LogP contribution in [0.25, 0.3) is 0 Å². The van der Waals surface area contributed by atoms with Gasteiger partial charge in [-0.05, 0) is 19.8 Å². The lowest BCUT2D eigenvalue weighted by Crippen LogP contribution is -2.36. The summed E-state index contributed by atoms with van der Waals surface area (Å²) >= 11 is 0. The Morgan fingerprint density at radius 2 is 2.50 bits per heavy atom. The van der Waals surface area contributed by atoms with Crippen LogP contribution in [0, 0.1) is 0 Å². The topological polar surface area (TPSA) is 47.1 Å². The molecule has 78 valence electrons. The van der Waals surface area contributed by atoms with Crippen molar-refractivity contribution in [2.45, 2.75) is 32.4 Å². The summed E-state index contributed by atoms with van der Waals surface area (Å²) in [5.41, 5.74) is 5.75. The highest BCUT2D eigenvalue weighted by atomic mass is 15.4. The van der Waals surface area contributed by atoms with Crippen LogP contribution in [0.1, 0.15) is 19.8 Å². The summed E-state index contributed by atoms with van der Waals surface area (Å²) in [6.45, 7) is 4.91. The molecule has 2 N–H and O–H groups in total. The van der Waals surface area contributed by atoms with Gasteiger partial charge in [-0.3, -0.25) is 4.68 Å². The quantitative estimate of drug-likeness (QED) is 0.775. The van der Waals surface area contributed by atoms with Gasteiger partial charge < -0.3 is 10.6 Å². The molecule has 1 aliphatic heterocycles. The van der Waals surface area contributed by atoms with Gasteiger partial charge in [0.05, 0.1) is 6.20 Å². The van der Waals surface area contributed by atoms with Crippen molar-refractivity contribution in [3.8, 4) is 0 Å². The predicted molar refractivity (Wildman–Crippen MR) is 57.3 cm³/mol. The molecule has 0 bridgehead atoms. The van der Waals surface area contributed by atoms with E-state index in [1.165, 1.54) is 18.7 Å². The van der Waals surface area contributed by atoms with Crippen molar-refractivity contribution in [1.29, 1.82) is 0 Å². The van der Waals surface area contributed by atoms with Gasteiger partial charge in [-0.1, -0.05) is 0 Å². The molecule has 4 nitrogen and oxygen atoms in total. The summed E-state index contributed by atoms with van der Waals surface area (Å²) in [4.78, 5) is 2.39. The summed E-state index contributed by atoms with van der Waals surface area (Å²) in [6, 6.07) is 2.59. The number of anilines is 1. The van der Waals surface area contributed by atoms with Crippen LogP contribution in [0.3, 0.4) is 0 Å². The Morgan fingerprint density at radius 1 is 1.64 bits per heavy atom. The van der Waals surface area contributed by atoms with Crippen molar-refractivity contribution in [2.75, 3.05) is 18.0 Å². The van der Waals surface area contributed by atoms with Crippen molar-refractivity contribution >= 4 is 5.82 Å². The van der Waals surface area contributed by atoms with Crippen LogP contribution in [0.4, 0.5) is 5.82 Å². The molecule has 1 fully saturated rings. The first-order valence-corrected chi connectivity index (χ1v) is 5.35. The Kier molecular flexibility index (Phi) is 2.72. The van der Waals surface area contributed by atoms with E-state index in [0.29, 0.717) is 6.04 Å². The van der Waals surface area contributed by atoms with Gasteiger partial charge in [-0.15, -0.1) is 0 Å². The van der Waals surface area contributed by atoms with E-state index in [-0.39, 0.29) is 0 Å². The standard InChI is InChI=1S/C10H18N4/c1-2-14-10(5-6-12-14)13-7-3-4-9(13)8-11/h5-6,9H,2-4,7-8,11H2,1H3/t9-/m0/s1. The van der Waals surface area contributed by atoms with Crippen LogP contribution < -0.4 is 10.6 Å². The summed E-state index contributed by atoms with van der Waals surface area (Å²) in [6.07, 6.45) is 4.33. The second-order valence-corrected chi connectivity index (χ2v) is 3.73. The van der Waals surface area contributed by atoms with Gasteiger partial charge in [0.2, 0.25) is 0 Å². The van der Waals surface area contributed by atoms with Gasteiger partial charge in [-0.25, -0.2) is 0 Å². The van der Waals surface area contributed by atoms with E-state index in [2.05, 4.69) is 23.0 Å². The molecule has 0 aromatic carbocycles. The third-order valence-corrected chi connectivity index (χ3v) is 2.94. The van der Waals surface area contributed by atoms with E-state index in [0.717, 1.165) is 19.6 Å². The van der Waals surface area contributed by atoms with Crippen LogP contribution in [0.5, 0.6) is 0 Å². The number of aromatic nitrogens is 2. The third-order valence-electron chi connectivity index (χ3n) is 2.94. The average Bonchev–Trinajstić information content (AvgIpc) is 2.85. The number of aryl methyl sites for hydroxylation is 1. The lowest BCUT2D eigenvalue weighted by molar-refractivity contribution is 0.611. The second kappa shape index (κ2) is 4.00. The first-order chi connectivity index (χ1) is 6.86. The molecule has 1 aliphatic rings. The fraction of sp³-hybridized carbons (Fsp3) is 0.700. The minimum Gasteiger partial charge on any atom is -0.353 e. The minimum absolute atomic E-state index is 0.511. The largest absolute Gasteiger partial charge is 0.353 e. The highest BCUT2D eigenvalue weighted by Gasteiger charge is 2.25. The summed E-state index contributed by atoms with van der Waals surface area (Å²) in [5.74, 6) is 1.22. The Bertz CT molecular complexity index is 294. The lowest BCUT2D eigenvalue weighted by atomic mass is 10.2. The minimum atomic E-state index is 0.511. The maximum Gasteiger partial charge on any atom is 0.127 e. The van der Waals surface area contributed by atoms with Gasteiger partial charge in [0.15, 0.2) is 0 Å². The third kappa shape index (κ3) is 1.50. The summed E-state index contributed by atoms with van der Waals surface area (Å²) in [7, 11) is 0. The Morgan fingerprint density at radius 3 is 3.21 bits per heavy atom. The molecule has 4 heteroatoms. The maximum absolute atomic E-state index is 5.75. The Labute approximate surface area is 84.7 Å². The molecule has 1 aromatic rings. The highest BCUT2D eigenvalue weighted by molar-refractivity contribution is 5.41. The lowest BCUT2D eigenvalue weighted by Gasteiger charge is -2.25. The smallest absolute Gasteiger partial charge is 0.127 e. The molecule has 2 heterocycles. The molecule has 1 saturated heterocycles. The molecule has 14 heavy (non-hydrogen) atoms. The molecular weight excluding hydrogens is 176 g/mol. The van der Waals surface area contributed by atoms with E-state index < -0.39 is 0 Å². The zero-order chi connectivity index (χ0) is 9.97. The molecule has 2 rings (SSSR count). The molecule has 1 atom stereocenters. The SMILES string of the molecule is CCn1nccc1N1CCC[C@H]1CN. The average molecular weight is 194 g/mol. The molecule has 0 aliphatic carbocycles. The van der Waals surface area contributed by atoms with E-state index >= 15 is 0 Å². The van der Waals surface area contributed by atoms with Crippen molar-refractivity contribution in [2.24, 2.45) is 5.73 Å². The maximum atomic E-state index is 5.75. The van der Waals surface area contributed by atoms with Crippen LogP contribution in [-0.4, -0.2) is 28.9 Å². The van der Waals surface area contributed by atoms with Crippen LogP contribution in [0.15, 0.2) is 12.3 Å². The van der Waals surface area contributed by atoms with Crippen LogP contribution in [0.2, 0.25) is 0 Å². The van der Waals surface area contributed by atoms with Gasteiger partial charge in [0.1, 0.15) is 5.82 Å². The van der Waals surface area contributed by atoms with Gasteiger partial charge >= 0.3 is 0 Å². The Hall–Kier alpha value is -1.03. The molecule has 0 amide bonds.